The van der Waals surface area contributed by atoms with Gasteiger partial charge in [-0.15, -0.1) is 11.8 Å². The summed E-state index contributed by atoms with van der Waals surface area (Å²) in [5, 5.41) is 0. The van der Waals surface area contributed by atoms with Crippen molar-refractivity contribution in [2.24, 2.45) is 0 Å². The summed E-state index contributed by atoms with van der Waals surface area (Å²) < 4.78 is 16.8. The fourth-order valence-electron chi connectivity index (χ4n) is 2.92. The molecule has 3 rings (SSSR count). The highest BCUT2D eigenvalue weighted by molar-refractivity contribution is 7.99. The molecule has 0 N–H and O–H groups in total. The van der Waals surface area contributed by atoms with Crippen LogP contribution >= 0.6 is 11.8 Å². The summed E-state index contributed by atoms with van der Waals surface area (Å²) in [5.41, 5.74) is 0. The molecule has 1 aromatic carbocycles. The predicted molar refractivity (Wildman–Crippen MR) is 94.0 cm³/mol. The van der Waals surface area contributed by atoms with Crippen molar-refractivity contribution in [1.29, 1.82) is 0 Å². The van der Waals surface area contributed by atoms with E-state index in [1.807, 2.05) is 25.2 Å². The van der Waals surface area contributed by atoms with E-state index in [2.05, 4.69) is 0 Å². The van der Waals surface area contributed by atoms with Gasteiger partial charge in [0.15, 0.2) is 11.5 Å². The second kappa shape index (κ2) is 8.62. The maximum atomic E-state index is 12.3. The molecule has 2 aliphatic rings. The molecule has 6 heteroatoms. The van der Waals surface area contributed by atoms with Crippen LogP contribution in [0.4, 0.5) is 0 Å². The lowest BCUT2D eigenvalue weighted by molar-refractivity contribution is -0.131. The molecule has 1 aromatic rings. The Kier molecular flexibility index (Phi) is 6.26. The van der Waals surface area contributed by atoms with Crippen LogP contribution in [0.15, 0.2) is 23.1 Å². The van der Waals surface area contributed by atoms with Crippen LogP contribution in [-0.2, 0) is 9.53 Å². The number of carbonyl (C=O) groups excluding carboxylic acids is 1. The first kappa shape index (κ1) is 17.4. The second-order valence-electron chi connectivity index (χ2n) is 6.17. The number of hydrogen-bond donors (Lipinski definition) is 0. The molecule has 0 aromatic heterocycles. The van der Waals surface area contributed by atoms with Crippen LogP contribution in [0.5, 0.6) is 11.5 Å². The molecule has 5 nitrogen and oxygen atoms in total. The van der Waals surface area contributed by atoms with Crippen LogP contribution in [0.1, 0.15) is 25.7 Å². The summed E-state index contributed by atoms with van der Waals surface area (Å²) in [6, 6.07) is 5.94. The molecule has 0 aliphatic carbocycles. The van der Waals surface area contributed by atoms with Crippen LogP contribution in [0, 0.1) is 0 Å². The quantitative estimate of drug-likeness (QED) is 0.738. The van der Waals surface area contributed by atoms with Crippen molar-refractivity contribution in [3.05, 3.63) is 18.2 Å². The van der Waals surface area contributed by atoms with Crippen molar-refractivity contribution < 1.29 is 19.0 Å². The fraction of sp³-hybridized carbons (Fsp3) is 0.611. The van der Waals surface area contributed by atoms with Crippen molar-refractivity contribution in [2.45, 2.75) is 36.7 Å². The van der Waals surface area contributed by atoms with Gasteiger partial charge < -0.3 is 19.1 Å². The first-order chi connectivity index (χ1) is 11.7. The Morgan fingerprint density at radius 1 is 1.21 bits per heavy atom. The van der Waals surface area contributed by atoms with Crippen LogP contribution < -0.4 is 9.47 Å². The molecular weight excluding hydrogens is 326 g/mol. The molecular formula is C18H25NO4S. The second-order valence-corrected chi connectivity index (χ2v) is 7.34. The fourth-order valence-corrected chi connectivity index (χ4v) is 3.79. The third-order valence-corrected chi connectivity index (χ3v) is 5.27. The Morgan fingerprint density at radius 3 is 2.83 bits per heavy atom. The van der Waals surface area contributed by atoms with E-state index in [1.54, 1.807) is 16.7 Å². The van der Waals surface area contributed by atoms with E-state index in [0.717, 1.165) is 41.6 Å². The normalized spacial score (nSPS) is 19.8. The number of carbonyl (C=O) groups is 1. The summed E-state index contributed by atoms with van der Waals surface area (Å²) in [6.07, 6.45) is 4.14. The zero-order chi connectivity index (χ0) is 16.8. The molecule has 1 amide bonds. The van der Waals surface area contributed by atoms with E-state index in [-0.39, 0.29) is 12.0 Å². The van der Waals surface area contributed by atoms with E-state index in [9.17, 15) is 4.79 Å². The molecule has 0 bridgehead atoms. The molecule has 0 saturated carbocycles. The number of hydrogen-bond acceptors (Lipinski definition) is 5. The minimum absolute atomic E-state index is 0.175. The average Bonchev–Trinajstić information content (AvgIpc) is 2.62. The highest BCUT2D eigenvalue weighted by Gasteiger charge is 2.18. The molecule has 1 fully saturated rings. The predicted octanol–water partition coefficient (Wildman–Crippen LogP) is 2.97. The summed E-state index contributed by atoms with van der Waals surface area (Å²) in [7, 11) is 1.87. The van der Waals surface area contributed by atoms with E-state index in [4.69, 9.17) is 14.2 Å². The minimum atomic E-state index is 0.175. The first-order valence-electron chi connectivity index (χ1n) is 8.60. The largest absolute Gasteiger partial charge is 0.486 e. The molecule has 0 radical (unpaired) electrons. The summed E-state index contributed by atoms with van der Waals surface area (Å²) in [6.45, 7) is 2.72. The molecule has 2 aliphatic heterocycles. The lowest BCUT2D eigenvalue weighted by Crippen LogP contribution is -2.37. The molecule has 1 saturated heterocycles. The standard InChI is InChI=1S/C18H25NO4S/c1-19(13-14-4-2-3-8-21-14)18(20)7-11-24-15-5-6-16-17(12-15)23-10-9-22-16/h5-6,12,14H,2-4,7-11,13H2,1H3/t14-/m0/s1. The maximum Gasteiger partial charge on any atom is 0.223 e. The zero-order valence-electron chi connectivity index (χ0n) is 14.2. The molecule has 0 spiro atoms. The number of nitrogens with zero attached hydrogens (tertiary/aromatic N) is 1. The zero-order valence-corrected chi connectivity index (χ0v) is 15.0. The lowest BCUT2D eigenvalue weighted by Gasteiger charge is -2.27. The molecule has 132 valence electrons. The highest BCUT2D eigenvalue weighted by atomic mass is 32.2. The van der Waals surface area contributed by atoms with Gasteiger partial charge in [-0.2, -0.15) is 0 Å². The Bertz CT molecular complexity index is 560. The average molecular weight is 351 g/mol. The van der Waals surface area contributed by atoms with Crippen LogP contribution in [0.2, 0.25) is 0 Å². The van der Waals surface area contributed by atoms with Gasteiger partial charge in [0.1, 0.15) is 13.2 Å². The number of likely N-dealkylation sites (N-methyl/N-ethyl adjacent to an activating group) is 1. The third kappa shape index (κ3) is 4.80. The topological polar surface area (TPSA) is 48.0 Å². The van der Waals surface area contributed by atoms with Crippen LogP contribution in [0.25, 0.3) is 0 Å². The highest BCUT2D eigenvalue weighted by Crippen LogP contribution is 2.34. The Balaban J connectivity index is 1.41. The van der Waals surface area contributed by atoms with Crippen molar-refractivity contribution in [1.82, 2.24) is 4.90 Å². The van der Waals surface area contributed by atoms with Gasteiger partial charge in [0, 0.05) is 37.3 Å². The Labute approximate surface area is 147 Å². The lowest BCUT2D eigenvalue weighted by atomic mass is 10.1. The Hall–Kier alpha value is -1.40. The third-order valence-electron chi connectivity index (χ3n) is 4.28. The summed E-state index contributed by atoms with van der Waals surface area (Å²) in [4.78, 5) is 15.2. The maximum absolute atomic E-state index is 12.3. The van der Waals surface area contributed by atoms with Gasteiger partial charge in [-0.3, -0.25) is 4.79 Å². The van der Waals surface area contributed by atoms with Gasteiger partial charge in [0.05, 0.1) is 6.10 Å². The van der Waals surface area contributed by atoms with Crippen LogP contribution in [0.3, 0.4) is 0 Å². The number of thioether (sulfide) groups is 1. The van der Waals surface area contributed by atoms with Crippen molar-refractivity contribution in [3.8, 4) is 11.5 Å². The van der Waals surface area contributed by atoms with Crippen molar-refractivity contribution in [2.75, 3.05) is 39.2 Å². The van der Waals surface area contributed by atoms with Gasteiger partial charge in [-0.05, 0) is 37.5 Å². The summed E-state index contributed by atoms with van der Waals surface area (Å²) >= 11 is 1.67. The molecule has 2 heterocycles. The van der Waals surface area contributed by atoms with Crippen molar-refractivity contribution in [3.63, 3.8) is 0 Å². The number of rotatable bonds is 6. The first-order valence-corrected chi connectivity index (χ1v) is 9.59. The monoisotopic (exact) mass is 351 g/mol. The van der Waals surface area contributed by atoms with E-state index < -0.39 is 0 Å². The Morgan fingerprint density at radius 2 is 2.04 bits per heavy atom. The van der Waals surface area contributed by atoms with E-state index >= 15 is 0 Å². The molecule has 0 unspecified atom stereocenters. The summed E-state index contributed by atoms with van der Waals surface area (Å²) in [5.74, 6) is 2.53. The van der Waals surface area contributed by atoms with Crippen molar-refractivity contribution >= 4 is 17.7 Å². The number of ether oxygens (including phenoxy) is 3. The van der Waals surface area contributed by atoms with Gasteiger partial charge in [-0.25, -0.2) is 0 Å². The van der Waals surface area contributed by atoms with Gasteiger partial charge in [0.2, 0.25) is 5.91 Å². The van der Waals surface area contributed by atoms with Gasteiger partial charge in [-0.1, -0.05) is 0 Å². The van der Waals surface area contributed by atoms with E-state index in [1.165, 1.54) is 6.42 Å². The number of amides is 1. The minimum Gasteiger partial charge on any atom is -0.486 e. The van der Waals surface area contributed by atoms with E-state index in [0.29, 0.717) is 26.2 Å². The van der Waals surface area contributed by atoms with Crippen LogP contribution in [-0.4, -0.2) is 56.1 Å². The van der Waals surface area contributed by atoms with Gasteiger partial charge in [0.25, 0.3) is 0 Å². The number of fused-ring (bicyclic) bond motifs is 1. The molecule has 1 atom stereocenters. The smallest absolute Gasteiger partial charge is 0.223 e. The molecule has 24 heavy (non-hydrogen) atoms. The van der Waals surface area contributed by atoms with Gasteiger partial charge >= 0.3 is 0 Å². The SMILES string of the molecule is CN(C[C@@H]1CCCCO1)C(=O)CCSc1ccc2c(c1)OCCO2. The number of benzene rings is 1.